The van der Waals surface area contributed by atoms with Crippen molar-refractivity contribution >= 4 is 21.5 Å². The van der Waals surface area contributed by atoms with Crippen LogP contribution >= 0.6 is 0 Å². The molecule has 0 fully saturated rings. The molecule has 0 atom stereocenters. The van der Waals surface area contributed by atoms with Crippen LogP contribution in [-0.4, -0.2) is 5.11 Å². The zero-order chi connectivity index (χ0) is 12.0. The van der Waals surface area contributed by atoms with E-state index in [-0.39, 0.29) is 0 Å². The predicted octanol–water partition coefficient (Wildman–Crippen LogP) is 4.32. The summed E-state index contributed by atoms with van der Waals surface area (Å²) in [6.45, 7) is 4.29. The van der Waals surface area contributed by atoms with Gasteiger partial charge < -0.3 is 5.11 Å². The number of rotatable bonds is 0. The molecule has 0 saturated heterocycles. The molecule has 1 N–H and O–H groups in total. The molecule has 84 valence electrons. The standard InChI is InChI=1S/C16H14O/c1-10-3-4-12-5-6-13-9-14(17)7-8-15(13)16(12)11(10)2/h3-9,17H,1-2H3. The summed E-state index contributed by atoms with van der Waals surface area (Å²) in [5, 5.41) is 14.4. The van der Waals surface area contributed by atoms with Crippen molar-refractivity contribution in [2.24, 2.45) is 0 Å². The van der Waals surface area contributed by atoms with Crippen LogP contribution in [0, 0.1) is 13.8 Å². The normalized spacial score (nSPS) is 11.2. The van der Waals surface area contributed by atoms with Crippen LogP contribution in [-0.2, 0) is 0 Å². The average Bonchev–Trinajstić information content (AvgIpc) is 2.33. The Morgan fingerprint density at radius 1 is 0.824 bits per heavy atom. The van der Waals surface area contributed by atoms with E-state index in [9.17, 15) is 5.11 Å². The third-order valence-electron chi connectivity index (χ3n) is 3.52. The zero-order valence-electron chi connectivity index (χ0n) is 9.99. The molecule has 0 heterocycles. The Balaban J connectivity index is 2.58. The molecule has 0 radical (unpaired) electrons. The molecule has 3 aromatic carbocycles. The average molecular weight is 222 g/mol. The largest absolute Gasteiger partial charge is 0.508 e. The molecule has 0 saturated carbocycles. The zero-order valence-corrected chi connectivity index (χ0v) is 9.99. The van der Waals surface area contributed by atoms with E-state index in [1.165, 1.54) is 27.3 Å². The van der Waals surface area contributed by atoms with E-state index in [1.54, 1.807) is 6.07 Å². The van der Waals surface area contributed by atoms with Gasteiger partial charge in [-0.3, -0.25) is 0 Å². The number of aryl methyl sites for hydroxylation is 2. The van der Waals surface area contributed by atoms with Crippen LogP contribution < -0.4 is 0 Å². The first-order valence-corrected chi connectivity index (χ1v) is 5.78. The van der Waals surface area contributed by atoms with Crippen molar-refractivity contribution < 1.29 is 5.11 Å². The second-order valence-corrected chi connectivity index (χ2v) is 4.58. The number of hydrogen-bond donors (Lipinski definition) is 1. The minimum Gasteiger partial charge on any atom is -0.508 e. The van der Waals surface area contributed by atoms with Gasteiger partial charge in [-0.15, -0.1) is 0 Å². The SMILES string of the molecule is Cc1ccc2ccc3cc(O)ccc3c2c1C. The monoisotopic (exact) mass is 222 g/mol. The van der Waals surface area contributed by atoms with E-state index >= 15 is 0 Å². The highest BCUT2D eigenvalue weighted by Gasteiger charge is 2.05. The van der Waals surface area contributed by atoms with Crippen molar-refractivity contribution in [1.29, 1.82) is 0 Å². The van der Waals surface area contributed by atoms with Crippen molar-refractivity contribution in [2.75, 3.05) is 0 Å². The molecule has 0 bridgehead atoms. The second kappa shape index (κ2) is 3.49. The van der Waals surface area contributed by atoms with E-state index in [2.05, 4.69) is 38.1 Å². The Bertz CT molecular complexity index is 726. The quantitative estimate of drug-likeness (QED) is 0.562. The summed E-state index contributed by atoms with van der Waals surface area (Å²) in [5.41, 5.74) is 2.62. The van der Waals surface area contributed by atoms with Gasteiger partial charge in [-0.1, -0.05) is 30.3 Å². The summed E-state index contributed by atoms with van der Waals surface area (Å²) in [6.07, 6.45) is 0. The lowest BCUT2D eigenvalue weighted by molar-refractivity contribution is 0.476. The molecule has 0 aliphatic rings. The number of phenols is 1. The molecule has 1 heteroatoms. The molecule has 3 aromatic rings. The van der Waals surface area contributed by atoms with Crippen LogP contribution in [0.1, 0.15) is 11.1 Å². The maximum absolute atomic E-state index is 9.53. The first-order valence-electron chi connectivity index (χ1n) is 5.78. The summed E-state index contributed by atoms with van der Waals surface area (Å²) in [4.78, 5) is 0. The number of aromatic hydroxyl groups is 1. The first kappa shape index (κ1) is 10.2. The molecule has 1 nitrogen and oxygen atoms in total. The molecular formula is C16H14O. The fraction of sp³-hybridized carbons (Fsp3) is 0.125. The van der Waals surface area contributed by atoms with E-state index in [0.717, 1.165) is 5.39 Å². The summed E-state index contributed by atoms with van der Waals surface area (Å²) >= 11 is 0. The summed E-state index contributed by atoms with van der Waals surface area (Å²) in [6, 6.07) is 14.1. The topological polar surface area (TPSA) is 20.2 Å². The van der Waals surface area contributed by atoms with Crippen molar-refractivity contribution in [3.8, 4) is 5.75 Å². The maximum Gasteiger partial charge on any atom is 0.116 e. The van der Waals surface area contributed by atoms with Gasteiger partial charge in [0, 0.05) is 0 Å². The predicted molar refractivity (Wildman–Crippen MR) is 72.6 cm³/mol. The van der Waals surface area contributed by atoms with Crippen molar-refractivity contribution in [3.63, 3.8) is 0 Å². The molecule has 3 rings (SSSR count). The second-order valence-electron chi connectivity index (χ2n) is 4.58. The molecule has 0 aromatic heterocycles. The lowest BCUT2D eigenvalue weighted by atomic mass is 9.95. The summed E-state index contributed by atoms with van der Waals surface area (Å²) in [5.74, 6) is 0.321. The minimum atomic E-state index is 0.321. The Morgan fingerprint density at radius 3 is 2.35 bits per heavy atom. The third kappa shape index (κ3) is 1.47. The van der Waals surface area contributed by atoms with Crippen LogP contribution in [0.5, 0.6) is 5.75 Å². The van der Waals surface area contributed by atoms with Crippen LogP contribution in [0.3, 0.4) is 0 Å². The minimum absolute atomic E-state index is 0.321. The highest BCUT2D eigenvalue weighted by Crippen LogP contribution is 2.31. The Labute approximate surface area is 100 Å². The van der Waals surface area contributed by atoms with E-state index in [0.29, 0.717) is 5.75 Å². The molecule has 17 heavy (non-hydrogen) atoms. The van der Waals surface area contributed by atoms with Crippen LogP contribution in [0.25, 0.3) is 21.5 Å². The first-order chi connectivity index (χ1) is 8.16. The summed E-state index contributed by atoms with van der Waals surface area (Å²) < 4.78 is 0. The van der Waals surface area contributed by atoms with Crippen LogP contribution in [0.4, 0.5) is 0 Å². The molecule has 0 unspecified atom stereocenters. The Morgan fingerprint density at radius 2 is 1.53 bits per heavy atom. The summed E-state index contributed by atoms with van der Waals surface area (Å²) in [7, 11) is 0. The number of hydrogen-bond acceptors (Lipinski definition) is 1. The highest BCUT2D eigenvalue weighted by molar-refractivity contribution is 6.09. The lowest BCUT2D eigenvalue weighted by Crippen LogP contribution is -1.85. The van der Waals surface area contributed by atoms with Gasteiger partial charge in [-0.25, -0.2) is 0 Å². The number of fused-ring (bicyclic) bond motifs is 3. The maximum atomic E-state index is 9.53. The van der Waals surface area contributed by atoms with Crippen molar-refractivity contribution in [2.45, 2.75) is 13.8 Å². The molecule has 0 amide bonds. The van der Waals surface area contributed by atoms with Gasteiger partial charge in [0.05, 0.1) is 0 Å². The van der Waals surface area contributed by atoms with Gasteiger partial charge in [-0.2, -0.15) is 0 Å². The van der Waals surface area contributed by atoms with Gasteiger partial charge in [0.25, 0.3) is 0 Å². The van der Waals surface area contributed by atoms with Gasteiger partial charge >= 0.3 is 0 Å². The molecule has 0 aliphatic heterocycles. The van der Waals surface area contributed by atoms with Gasteiger partial charge in [0.15, 0.2) is 0 Å². The smallest absolute Gasteiger partial charge is 0.116 e. The molecule has 0 spiro atoms. The molecular weight excluding hydrogens is 208 g/mol. The van der Waals surface area contributed by atoms with Crippen molar-refractivity contribution in [1.82, 2.24) is 0 Å². The fourth-order valence-corrected chi connectivity index (χ4v) is 2.43. The van der Waals surface area contributed by atoms with Crippen LogP contribution in [0.15, 0.2) is 42.5 Å². The molecule has 0 aliphatic carbocycles. The Kier molecular flexibility index (Phi) is 2.08. The van der Waals surface area contributed by atoms with E-state index in [4.69, 9.17) is 0 Å². The van der Waals surface area contributed by atoms with Gasteiger partial charge in [-0.05, 0) is 58.7 Å². The van der Waals surface area contributed by atoms with Gasteiger partial charge in [0.1, 0.15) is 5.75 Å². The van der Waals surface area contributed by atoms with E-state index < -0.39 is 0 Å². The van der Waals surface area contributed by atoms with Crippen LogP contribution in [0.2, 0.25) is 0 Å². The highest BCUT2D eigenvalue weighted by atomic mass is 16.3. The fourth-order valence-electron chi connectivity index (χ4n) is 2.43. The van der Waals surface area contributed by atoms with Crippen molar-refractivity contribution in [3.05, 3.63) is 53.6 Å². The number of phenolic OH excluding ortho intramolecular Hbond substituents is 1. The van der Waals surface area contributed by atoms with E-state index in [1.807, 2.05) is 12.1 Å². The number of benzene rings is 3. The lowest BCUT2D eigenvalue weighted by Gasteiger charge is -2.09. The van der Waals surface area contributed by atoms with Gasteiger partial charge in [0.2, 0.25) is 0 Å². The Hall–Kier alpha value is -2.02. The third-order valence-corrected chi connectivity index (χ3v) is 3.52.